The molecule has 12 nitrogen and oxygen atoms in total. The highest BCUT2D eigenvalue weighted by atomic mass is 35.5. The fourth-order valence-corrected chi connectivity index (χ4v) is 7.04. The number of halogens is 1. The maximum absolute atomic E-state index is 13.6. The van der Waals surface area contributed by atoms with E-state index in [1.807, 2.05) is 54.6 Å². The topological polar surface area (TPSA) is 184 Å². The van der Waals surface area contributed by atoms with Gasteiger partial charge in [0.05, 0.1) is 11.3 Å². The maximum Gasteiger partial charge on any atom is 0.306 e. The molecule has 1 saturated heterocycles. The third-order valence-corrected chi connectivity index (χ3v) is 10.0. The van der Waals surface area contributed by atoms with Crippen molar-refractivity contribution in [2.24, 2.45) is 11.7 Å². The average Bonchev–Trinajstić information content (AvgIpc) is 3.13. The Bertz CT molecular complexity index is 1930. The number of sulfonamides is 1. The average molecular weight is 735 g/mol. The lowest BCUT2D eigenvalue weighted by Gasteiger charge is -2.33. The van der Waals surface area contributed by atoms with Crippen molar-refractivity contribution < 1.29 is 27.5 Å². The van der Waals surface area contributed by atoms with Gasteiger partial charge >= 0.3 is 5.97 Å². The number of carbonyl (C=O) groups excluding carboxylic acids is 3. The van der Waals surface area contributed by atoms with Gasteiger partial charge in [-0.3, -0.25) is 19.8 Å². The molecular formula is C37H43ClN6O6S. The summed E-state index contributed by atoms with van der Waals surface area (Å²) >= 11 is 0. The first-order chi connectivity index (χ1) is 24.1. The molecule has 2 amide bonds. The number of piperidine rings is 1. The van der Waals surface area contributed by atoms with E-state index < -0.39 is 27.9 Å². The predicted molar refractivity (Wildman–Crippen MR) is 199 cm³/mol. The van der Waals surface area contributed by atoms with E-state index in [0.29, 0.717) is 30.9 Å². The van der Waals surface area contributed by atoms with Crippen LogP contribution < -0.4 is 21.1 Å². The van der Waals surface area contributed by atoms with Crippen LogP contribution in [0.15, 0.2) is 102 Å². The summed E-state index contributed by atoms with van der Waals surface area (Å²) in [6.45, 7) is 1.66. The van der Waals surface area contributed by atoms with Crippen LogP contribution in [0.2, 0.25) is 0 Å². The van der Waals surface area contributed by atoms with Crippen LogP contribution in [0.4, 0.5) is 5.69 Å². The van der Waals surface area contributed by atoms with Gasteiger partial charge in [0.1, 0.15) is 12.6 Å². The molecule has 2 atom stereocenters. The van der Waals surface area contributed by atoms with Crippen molar-refractivity contribution in [1.82, 2.24) is 14.9 Å². The molecule has 6 N–H and O–H groups in total. The molecule has 4 aromatic rings. The number of anilines is 1. The van der Waals surface area contributed by atoms with Crippen LogP contribution in [-0.4, -0.2) is 62.7 Å². The number of amides is 2. The first kappa shape index (κ1) is 38.8. The van der Waals surface area contributed by atoms with Gasteiger partial charge in [0.25, 0.3) is 0 Å². The Morgan fingerprint density at radius 3 is 2.33 bits per heavy atom. The number of benzene rings is 4. The van der Waals surface area contributed by atoms with Crippen LogP contribution in [0.25, 0.3) is 10.8 Å². The molecule has 14 heteroatoms. The fraction of sp³-hybridized carbons (Fsp3) is 0.297. The number of nitrogens with two attached hydrogens (primary N) is 1. The van der Waals surface area contributed by atoms with Crippen LogP contribution in [0.3, 0.4) is 0 Å². The highest BCUT2D eigenvalue weighted by Gasteiger charge is 2.28. The van der Waals surface area contributed by atoms with Crippen LogP contribution in [0.5, 0.6) is 0 Å². The van der Waals surface area contributed by atoms with E-state index in [9.17, 15) is 22.8 Å². The van der Waals surface area contributed by atoms with Gasteiger partial charge in [0, 0.05) is 31.7 Å². The Hall–Kier alpha value is -4.98. The molecule has 1 fully saturated rings. The number of likely N-dealkylation sites (tertiary alicyclic amines) is 1. The van der Waals surface area contributed by atoms with Gasteiger partial charge < -0.3 is 26.0 Å². The second-order valence-electron chi connectivity index (χ2n) is 12.4. The number of nitrogens with zero attached hydrogens (tertiary/aromatic N) is 1. The summed E-state index contributed by atoms with van der Waals surface area (Å²) in [5.74, 6) is -1.27. The number of rotatable bonds is 14. The SMILES string of the molecule is Cl.N=C(N)N1CCCC(CNC(=O)[C@@H](Cc2ccc(NC(=O)CCC(=O)OCc3ccccc3)cc2)NS(=O)(=O)c2ccc3ccccc3c2)C1. The van der Waals surface area contributed by atoms with Crippen molar-refractivity contribution in [3.63, 3.8) is 0 Å². The third-order valence-electron chi connectivity index (χ3n) is 8.55. The maximum atomic E-state index is 13.6. The van der Waals surface area contributed by atoms with Crippen LogP contribution in [0.1, 0.15) is 36.8 Å². The van der Waals surface area contributed by atoms with Crippen LogP contribution in [0, 0.1) is 11.3 Å². The van der Waals surface area contributed by atoms with Crippen molar-refractivity contribution in [1.29, 1.82) is 5.41 Å². The molecule has 1 aliphatic heterocycles. The van der Waals surface area contributed by atoms with Crippen molar-refractivity contribution >= 4 is 62.6 Å². The van der Waals surface area contributed by atoms with E-state index in [1.165, 1.54) is 6.07 Å². The van der Waals surface area contributed by atoms with Gasteiger partial charge in [-0.15, -0.1) is 12.4 Å². The van der Waals surface area contributed by atoms with Gasteiger partial charge in [0.2, 0.25) is 21.8 Å². The molecule has 4 aromatic carbocycles. The third kappa shape index (κ3) is 11.5. The molecule has 5 rings (SSSR count). The zero-order chi connectivity index (χ0) is 35.5. The minimum atomic E-state index is -4.10. The number of nitrogens with one attached hydrogen (secondary N) is 4. The Kier molecular flexibility index (Phi) is 13.9. The fourth-order valence-electron chi connectivity index (χ4n) is 5.81. The van der Waals surface area contributed by atoms with Crippen molar-refractivity contribution in [2.75, 3.05) is 25.0 Å². The summed E-state index contributed by atoms with van der Waals surface area (Å²) in [5.41, 5.74) is 7.68. The largest absolute Gasteiger partial charge is 0.461 e. The van der Waals surface area contributed by atoms with Crippen molar-refractivity contribution in [3.05, 3.63) is 108 Å². The van der Waals surface area contributed by atoms with Gasteiger partial charge in [0.15, 0.2) is 5.96 Å². The summed E-state index contributed by atoms with van der Waals surface area (Å²) in [6.07, 6.45) is 1.60. The lowest BCUT2D eigenvalue weighted by atomic mass is 9.98. The molecule has 270 valence electrons. The molecule has 1 heterocycles. The summed E-state index contributed by atoms with van der Waals surface area (Å²) in [4.78, 5) is 40.0. The second kappa shape index (κ2) is 18.3. The second-order valence-corrected chi connectivity index (χ2v) is 14.1. The Morgan fingerprint density at radius 2 is 1.61 bits per heavy atom. The quantitative estimate of drug-likeness (QED) is 0.0720. The van der Waals surface area contributed by atoms with Crippen LogP contribution >= 0.6 is 12.4 Å². The summed E-state index contributed by atoms with van der Waals surface area (Å²) in [6, 6.07) is 27.1. The Balaban J connectivity index is 0.00000583. The molecule has 0 aromatic heterocycles. The predicted octanol–water partition coefficient (Wildman–Crippen LogP) is 4.33. The highest BCUT2D eigenvalue weighted by molar-refractivity contribution is 7.89. The normalized spacial score (nSPS) is 14.9. The highest BCUT2D eigenvalue weighted by Crippen LogP contribution is 2.21. The van der Waals surface area contributed by atoms with E-state index >= 15 is 0 Å². The number of esters is 1. The number of hydrogen-bond donors (Lipinski definition) is 5. The first-order valence-electron chi connectivity index (χ1n) is 16.5. The van der Waals surface area contributed by atoms with E-state index in [2.05, 4.69) is 15.4 Å². The van der Waals surface area contributed by atoms with Gasteiger partial charge in [-0.1, -0.05) is 72.8 Å². The molecule has 51 heavy (non-hydrogen) atoms. The molecule has 0 saturated carbocycles. The zero-order valence-corrected chi connectivity index (χ0v) is 29.7. The van der Waals surface area contributed by atoms with Crippen molar-refractivity contribution in [3.8, 4) is 0 Å². The molecule has 0 bridgehead atoms. The smallest absolute Gasteiger partial charge is 0.306 e. The molecule has 0 radical (unpaired) electrons. The van der Waals surface area contributed by atoms with E-state index in [1.54, 1.807) is 41.3 Å². The molecule has 0 aliphatic carbocycles. The first-order valence-corrected chi connectivity index (χ1v) is 18.0. The number of guanidine groups is 1. The standard InChI is InChI=1S/C37H42N6O6S.ClH/c38-37(39)43-20-6-9-28(24-43)23-40-36(46)33(42-50(47,48)32-17-14-29-10-4-5-11-30(29)22-32)21-26-12-15-31(16-13-26)41-34(44)18-19-35(45)49-25-27-7-2-1-3-8-27;/h1-5,7-8,10-17,22,28,33,42H,6,9,18-21,23-25H2,(H3,38,39)(H,40,46)(H,41,44);1H/t28?,33-;/m1./s1. The Labute approximate surface area is 304 Å². The molecule has 1 aliphatic rings. The molecular weight excluding hydrogens is 692 g/mol. The lowest BCUT2D eigenvalue weighted by molar-refractivity contribution is -0.145. The number of carbonyl (C=O) groups is 3. The summed E-state index contributed by atoms with van der Waals surface area (Å²) in [7, 11) is -4.10. The number of fused-ring (bicyclic) bond motifs is 1. The molecule has 1 unspecified atom stereocenters. The van der Waals surface area contributed by atoms with E-state index in [0.717, 1.165) is 29.2 Å². The lowest BCUT2D eigenvalue weighted by Crippen LogP contribution is -2.51. The van der Waals surface area contributed by atoms with Crippen LogP contribution in [-0.2, 0) is 42.2 Å². The number of hydrogen-bond acceptors (Lipinski definition) is 7. The molecule has 0 spiro atoms. The monoisotopic (exact) mass is 734 g/mol. The summed E-state index contributed by atoms with van der Waals surface area (Å²) < 4.78 is 35.0. The van der Waals surface area contributed by atoms with Gasteiger partial charge in [-0.25, -0.2) is 8.42 Å². The van der Waals surface area contributed by atoms with Gasteiger partial charge in [-0.2, -0.15) is 4.72 Å². The minimum Gasteiger partial charge on any atom is -0.461 e. The Morgan fingerprint density at radius 1 is 0.902 bits per heavy atom. The zero-order valence-electron chi connectivity index (χ0n) is 28.0. The number of ether oxygens (including phenoxy) is 1. The van der Waals surface area contributed by atoms with E-state index in [4.69, 9.17) is 15.9 Å². The minimum absolute atomic E-state index is 0. The van der Waals surface area contributed by atoms with Crippen molar-refractivity contribution in [2.45, 2.75) is 49.6 Å². The summed E-state index contributed by atoms with van der Waals surface area (Å²) in [5, 5.41) is 15.1. The van der Waals surface area contributed by atoms with E-state index in [-0.39, 0.29) is 61.0 Å². The van der Waals surface area contributed by atoms with Gasteiger partial charge in [-0.05, 0) is 71.3 Å².